The maximum atomic E-state index is 13.6. The molecule has 2 atom stereocenters. The first-order valence-electron chi connectivity index (χ1n) is 11.9. The zero-order valence-corrected chi connectivity index (χ0v) is 22.1. The van der Waals surface area contributed by atoms with E-state index in [1.807, 2.05) is 62.5 Å². The number of carboxylic acids is 1. The van der Waals surface area contributed by atoms with Crippen molar-refractivity contribution in [2.24, 2.45) is 0 Å². The van der Waals surface area contributed by atoms with Crippen molar-refractivity contribution in [3.05, 3.63) is 70.6 Å². The van der Waals surface area contributed by atoms with Crippen LogP contribution in [0.2, 0.25) is 0 Å². The first-order valence-corrected chi connectivity index (χ1v) is 13.7. The Balaban J connectivity index is 1.62. The topological polar surface area (TPSA) is 111 Å². The monoisotopic (exact) mass is 534 g/mol. The zero-order valence-electron chi connectivity index (χ0n) is 20.5. The van der Waals surface area contributed by atoms with Crippen LogP contribution in [0.5, 0.6) is 11.5 Å². The van der Waals surface area contributed by atoms with Gasteiger partial charge in [0.2, 0.25) is 5.91 Å². The predicted octanol–water partition coefficient (Wildman–Crippen LogP) is 6.43. The number of rotatable bonds is 6. The first-order chi connectivity index (χ1) is 17.7. The molecule has 1 saturated heterocycles. The number of phenols is 2. The van der Waals surface area contributed by atoms with Gasteiger partial charge in [0.1, 0.15) is 16.9 Å². The van der Waals surface area contributed by atoms with Crippen LogP contribution in [-0.2, 0) is 9.59 Å². The molecule has 1 aromatic heterocycles. The highest BCUT2D eigenvalue weighted by atomic mass is 32.2. The molecule has 2 heterocycles. The average Bonchev–Trinajstić information content (AvgIpc) is 3.43. The van der Waals surface area contributed by atoms with E-state index in [2.05, 4.69) is 0 Å². The van der Waals surface area contributed by atoms with Gasteiger partial charge in [0.25, 0.3) is 0 Å². The van der Waals surface area contributed by atoms with E-state index in [0.29, 0.717) is 16.4 Å². The number of carboxylic acid groups (broad SMARTS) is 1. The highest BCUT2D eigenvalue weighted by Crippen LogP contribution is 2.51. The fourth-order valence-corrected chi connectivity index (χ4v) is 7.13. The molecule has 1 amide bonds. The van der Waals surface area contributed by atoms with E-state index >= 15 is 0 Å². The number of fused-ring (bicyclic) bond motifs is 1. The van der Waals surface area contributed by atoms with Crippen molar-refractivity contribution in [2.45, 2.75) is 43.7 Å². The van der Waals surface area contributed by atoms with Gasteiger partial charge in [0.15, 0.2) is 5.13 Å². The maximum Gasteiger partial charge on any atom is 0.305 e. The molecule has 0 spiro atoms. The molecule has 1 fully saturated rings. The normalized spacial score (nSPS) is 17.7. The molecule has 0 bridgehead atoms. The molecular weight excluding hydrogens is 508 g/mol. The molecule has 3 aromatic carbocycles. The number of hydrogen-bond donors (Lipinski definition) is 3. The van der Waals surface area contributed by atoms with Crippen molar-refractivity contribution < 1.29 is 24.9 Å². The number of aliphatic carboxylic acids is 1. The molecule has 4 aromatic rings. The van der Waals surface area contributed by atoms with E-state index in [1.165, 1.54) is 28.0 Å². The molecule has 5 rings (SSSR count). The summed E-state index contributed by atoms with van der Waals surface area (Å²) < 4.78 is 0. The number of amides is 1. The number of thiazole rings is 1. The highest BCUT2D eigenvalue weighted by molar-refractivity contribution is 8.01. The lowest BCUT2D eigenvalue weighted by atomic mass is 9.95. The van der Waals surface area contributed by atoms with Gasteiger partial charge in [-0.2, -0.15) is 0 Å². The summed E-state index contributed by atoms with van der Waals surface area (Å²) in [4.78, 5) is 31.4. The molecule has 9 heteroatoms. The summed E-state index contributed by atoms with van der Waals surface area (Å²) in [5.41, 5.74) is 3.75. The van der Waals surface area contributed by atoms with Gasteiger partial charge in [-0.15, -0.1) is 23.1 Å². The van der Waals surface area contributed by atoms with E-state index in [1.54, 1.807) is 12.1 Å². The zero-order chi connectivity index (χ0) is 26.4. The van der Waals surface area contributed by atoms with Crippen molar-refractivity contribution in [3.63, 3.8) is 0 Å². The Morgan fingerprint density at radius 1 is 1.11 bits per heavy atom. The van der Waals surface area contributed by atoms with Gasteiger partial charge in [-0.05, 0) is 52.9 Å². The number of aromatic nitrogens is 1. The van der Waals surface area contributed by atoms with Gasteiger partial charge < -0.3 is 15.3 Å². The third kappa shape index (κ3) is 4.53. The van der Waals surface area contributed by atoms with Crippen LogP contribution in [0.1, 0.15) is 48.3 Å². The van der Waals surface area contributed by atoms with Crippen molar-refractivity contribution >= 4 is 50.9 Å². The number of thioether (sulfide) groups is 1. The molecule has 37 heavy (non-hydrogen) atoms. The van der Waals surface area contributed by atoms with Crippen LogP contribution >= 0.6 is 23.1 Å². The van der Waals surface area contributed by atoms with Crippen LogP contribution in [0.15, 0.2) is 53.9 Å². The molecule has 1 aliphatic heterocycles. The standard InChI is InChI=1S/C28H26N2O5S2/c1-14(2)18-11-19(15(3)10-22(18)32)20-13-36-28(29-20)30-26(35)23(12-24(33)34)37-27(30)25-17-7-5-4-6-16(17)8-9-21(25)31/h4-11,13-14,23,27,31-32H,12H2,1-3H3,(H,33,34). The summed E-state index contributed by atoms with van der Waals surface area (Å²) in [6.45, 7) is 5.91. The molecule has 190 valence electrons. The van der Waals surface area contributed by atoms with Gasteiger partial charge in [0, 0.05) is 16.5 Å². The molecule has 0 saturated carbocycles. The molecule has 7 nitrogen and oxygen atoms in total. The molecular formula is C28H26N2O5S2. The second-order valence-corrected chi connectivity index (χ2v) is 11.5. The lowest BCUT2D eigenvalue weighted by Gasteiger charge is -2.23. The smallest absolute Gasteiger partial charge is 0.305 e. The number of hydrogen-bond acceptors (Lipinski definition) is 7. The number of carbonyl (C=O) groups is 2. The van der Waals surface area contributed by atoms with Crippen LogP contribution < -0.4 is 4.90 Å². The van der Waals surface area contributed by atoms with E-state index in [4.69, 9.17) is 4.98 Å². The van der Waals surface area contributed by atoms with Gasteiger partial charge in [-0.3, -0.25) is 14.5 Å². The first kappa shape index (κ1) is 25.1. The second kappa shape index (κ2) is 9.72. The van der Waals surface area contributed by atoms with Crippen LogP contribution in [-0.4, -0.2) is 37.4 Å². The summed E-state index contributed by atoms with van der Waals surface area (Å²) in [5, 5.41) is 33.3. The van der Waals surface area contributed by atoms with Crippen molar-refractivity contribution in [1.82, 2.24) is 4.98 Å². The number of aryl methyl sites for hydroxylation is 1. The van der Waals surface area contributed by atoms with E-state index in [-0.39, 0.29) is 29.7 Å². The van der Waals surface area contributed by atoms with Crippen molar-refractivity contribution in [1.29, 1.82) is 0 Å². The number of carbonyl (C=O) groups excluding carboxylic acids is 1. The minimum absolute atomic E-state index is 0.0395. The van der Waals surface area contributed by atoms with Crippen LogP contribution in [0, 0.1) is 6.92 Å². The average molecular weight is 535 g/mol. The molecule has 0 radical (unpaired) electrons. The molecule has 2 unspecified atom stereocenters. The maximum absolute atomic E-state index is 13.6. The second-order valence-electron chi connectivity index (χ2n) is 9.40. The minimum atomic E-state index is -1.06. The fourth-order valence-electron chi connectivity index (χ4n) is 4.72. The summed E-state index contributed by atoms with van der Waals surface area (Å²) in [6, 6.07) is 14.7. The van der Waals surface area contributed by atoms with Crippen LogP contribution in [0.4, 0.5) is 5.13 Å². The molecule has 0 aliphatic carbocycles. The third-order valence-corrected chi connectivity index (χ3v) is 8.81. The van der Waals surface area contributed by atoms with Crippen LogP contribution in [0.3, 0.4) is 0 Å². The Hall–Kier alpha value is -3.56. The minimum Gasteiger partial charge on any atom is -0.508 e. The molecule has 3 N–H and O–H groups in total. The van der Waals surface area contributed by atoms with Gasteiger partial charge >= 0.3 is 5.97 Å². The molecule has 1 aliphatic rings. The number of nitrogens with zero attached hydrogens (tertiary/aromatic N) is 2. The summed E-state index contributed by atoms with van der Waals surface area (Å²) in [5.74, 6) is -1.02. The van der Waals surface area contributed by atoms with E-state index in [0.717, 1.165) is 27.5 Å². The van der Waals surface area contributed by atoms with Gasteiger partial charge in [0.05, 0.1) is 17.4 Å². The van der Waals surface area contributed by atoms with Gasteiger partial charge in [-0.25, -0.2) is 4.98 Å². The number of aromatic hydroxyl groups is 2. The summed E-state index contributed by atoms with van der Waals surface area (Å²) in [7, 11) is 0. The van der Waals surface area contributed by atoms with E-state index in [9.17, 15) is 24.9 Å². The van der Waals surface area contributed by atoms with E-state index < -0.39 is 16.6 Å². The summed E-state index contributed by atoms with van der Waals surface area (Å²) >= 11 is 2.51. The highest BCUT2D eigenvalue weighted by Gasteiger charge is 2.45. The van der Waals surface area contributed by atoms with Crippen molar-refractivity contribution in [3.8, 4) is 22.8 Å². The lowest BCUT2D eigenvalue weighted by molar-refractivity contribution is -0.138. The Kier molecular flexibility index (Phi) is 6.59. The van der Waals surface area contributed by atoms with Crippen molar-refractivity contribution in [2.75, 3.05) is 4.90 Å². The third-order valence-electron chi connectivity index (χ3n) is 6.56. The van der Waals surface area contributed by atoms with Gasteiger partial charge in [-0.1, -0.05) is 44.2 Å². The predicted molar refractivity (Wildman–Crippen MR) is 148 cm³/mol. The Morgan fingerprint density at radius 2 is 1.86 bits per heavy atom. The largest absolute Gasteiger partial charge is 0.508 e. The fraction of sp³-hybridized carbons (Fsp3) is 0.250. The Labute approximate surface area is 222 Å². The quantitative estimate of drug-likeness (QED) is 0.261. The number of anilines is 1. The summed E-state index contributed by atoms with van der Waals surface area (Å²) in [6.07, 6.45) is -0.324. The SMILES string of the molecule is Cc1cc(O)c(C(C)C)cc1-c1csc(N2C(=O)C(CC(=O)O)SC2c2c(O)ccc3ccccc23)n1. The Morgan fingerprint density at radius 3 is 2.59 bits per heavy atom. The lowest BCUT2D eigenvalue weighted by Crippen LogP contribution is -2.31. The number of phenolic OH excluding ortho intramolecular Hbond substituents is 2. The number of benzene rings is 3. The van der Waals surface area contributed by atoms with Crippen LogP contribution in [0.25, 0.3) is 22.0 Å². The Bertz CT molecular complexity index is 1530.